The summed E-state index contributed by atoms with van der Waals surface area (Å²) in [5.41, 5.74) is 9.99. The highest BCUT2D eigenvalue weighted by Gasteiger charge is 2.18. The summed E-state index contributed by atoms with van der Waals surface area (Å²) in [6, 6.07) is 5.81. The highest BCUT2D eigenvalue weighted by molar-refractivity contribution is 9.10. The van der Waals surface area contributed by atoms with Gasteiger partial charge in [0.2, 0.25) is 5.95 Å². The minimum atomic E-state index is 0.334. The molecule has 0 bridgehead atoms. The number of benzene rings is 1. The molecular formula is C16H13BrN6O. The number of nitriles is 1. The fourth-order valence-corrected chi connectivity index (χ4v) is 3.25. The Morgan fingerprint density at radius 1 is 1.46 bits per heavy atom. The number of ether oxygens (including phenoxy) is 1. The van der Waals surface area contributed by atoms with E-state index in [1.807, 2.05) is 18.2 Å². The average Bonchev–Trinajstić information content (AvgIpc) is 3.22. The number of anilines is 2. The first-order chi connectivity index (χ1) is 11.7. The Hall–Kier alpha value is -2.79. The molecule has 0 aliphatic carbocycles. The number of nitrogen functional groups attached to an aromatic ring is 1. The largest absolute Gasteiger partial charge is 0.493 e. The number of nitrogens with two attached hydrogens (primary N) is 1. The Balaban J connectivity index is 1.69. The van der Waals surface area contributed by atoms with E-state index in [2.05, 4.69) is 31.2 Å². The number of nitrogens with zero attached hydrogens (tertiary/aromatic N) is 4. The van der Waals surface area contributed by atoms with Gasteiger partial charge in [-0.15, -0.1) is 0 Å². The molecule has 8 heteroatoms. The zero-order valence-corrected chi connectivity index (χ0v) is 14.2. The second-order valence-electron chi connectivity index (χ2n) is 5.42. The smallest absolute Gasteiger partial charge is 0.209 e. The number of hydrogen-bond donors (Lipinski definition) is 2. The van der Waals surface area contributed by atoms with Crippen LogP contribution in [0.3, 0.4) is 0 Å². The van der Waals surface area contributed by atoms with Gasteiger partial charge in [-0.2, -0.15) is 5.26 Å². The Labute approximate surface area is 146 Å². The predicted octanol–water partition coefficient (Wildman–Crippen LogP) is 2.49. The van der Waals surface area contributed by atoms with Crippen LogP contribution in [-0.4, -0.2) is 21.0 Å². The summed E-state index contributed by atoms with van der Waals surface area (Å²) in [5.74, 6) is 1.49. The normalized spacial score (nSPS) is 12.7. The lowest BCUT2D eigenvalue weighted by atomic mass is 10.0. The van der Waals surface area contributed by atoms with E-state index in [1.165, 1.54) is 0 Å². The van der Waals surface area contributed by atoms with Crippen molar-refractivity contribution in [2.75, 3.05) is 17.7 Å². The second-order valence-corrected chi connectivity index (χ2v) is 6.28. The third kappa shape index (κ3) is 2.34. The molecule has 3 heterocycles. The summed E-state index contributed by atoms with van der Waals surface area (Å²) < 4.78 is 8.07. The van der Waals surface area contributed by atoms with Gasteiger partial charge in [-0.25, -0.2) is 9.97 Å². The summed E-state index contributed by atoms with van der Waals surface area (Å²) in [7, 11) is 0. The molecule has 0 spiro atoms. The van der Waals surface area contributed by atoms with E-state index in [-0.39, 0.29) is 0 Å². The lowest BCUT2D eigenvalue weighted by molar-refractivity contribution is 0.357. The molecule has 24 heavy (non-hydrogen) atoms. The van der Waals surface area contributed by atoms with Gasteiger partial charge in [0.05, 0.1) is 17.3 Å². The summed E-state index contributed by atoms with van der Waals surface area (Å²) in [6.45, 7) is 1.20. The van der Waals surface area contributed by atoms with Gasteiger partial charge in [0.25, 0.3) is 0 Å². The monoisotopic (exact) mass is 384 g/mol. The SMILES string of the molecule is N#Cc1cn2c(NCc3c(N)ccc4c3CCO4)ncc(Br)c2n1. The average molecular weight is 385 g/mol. The van der Waals surface area contributed by atoms with Crippen molar-refractivity contribution in [1.29, 1.82) is 5.26 Å². The van der Waals surface area contributed by atoms with E-state index in [4.69, 9.17) is 15.7 Å². The molecule has 3 N–H and O–H groups in total. The lowest BCUT2D eigenvalue weighted by Crippen LogP contribution is -2.09. The second kappa shape index (κ2) is 5.69. The molecule has 1 aliphatic heterocycles. The van der Waals surface area contributed by atoms with E-state index >= 15 is 0 Å². The van der Waals surface area contributed by atoms with Crippen LogP contribution in [0.2, 0.25) is 0 Å². The van der Waals surface area contributed by atoms with Crippen LogP contribution in [0.5, 0.6) is 5.75 Å². The maximum Gasteiger partial charge on any atom is 0.209 e. The van der Waals surface area contributed by atoms with Crippen LogP contribution < -0.4 is 15.8 Å². The van der Waals surface area contributed by atoms with E-state index in [0.717, 1.165) is 33.5 Å². The summed E-state index contributed by atoms with van der Waals surface area (Å²) in [4.78, 5) is 8.63. The van der Waals surface area contributed by atoms with Crippen molar-refractivity contribution in [3.05, 3.63) is 45.8 Å². The summed E-state index contributed by atoms with van der Waals surface area (Å²) in [6.07, 6.45) is 4.16. The minimum absolute atomic E-state index is 0.334. The third-order valence-corrected chi connectivity index (χ3v) is 4.58. The molecule has 1 aromatic carbocycles. The van der Waals surface area contributed by atoms with Gasteiger partial charge in [-0.3, -0.25) is 4.40 Å². The molecule has 0 fully saturated rings. The van der Waals surface area contributed by atoms with Crippen molar-refractivity contribution >= 4 is 33.2 Å². The Kier molecular flexibility index (Phi) is 3.50. The number of aromatic nitrogens is 3. The predicted molar refractivity (Wildman–Crippen MR) is 92.8 cm³/mol. The molecule has 0 unspecified atom stereocenters. The van der Waals surface area contributed by atoms with Crippen LogP contribution in [0.15, 0.2) is 29.0 Å². The first-order valence-corrected chi connectivity index (χ1v) is 8.17. The molecular weight excluding hydrogens is 372 g/mol. The zero-order valence-electron chi connectivity index (χ0n) is 12.6. The number of hydrogen-bond acceptors (Lipinski definition) is 6. The summed E-state index contributed by atoms with van der Waals surface area (Å²) in [5, 5.41) is 12.3. The van der Waals surface area contributed by atoms with Gasteiger partial charge in [-0.1, -0.05) is 0 Å². The number of rotatable bonds is 3. The first kappa shape index (κ1) is 14.8. The van der Waals surface area contributed by atoms with Crippen molar-refractivity contribution < 1.29 is 4.74 Å². The van der Waals surface area contributed by atoms with E-state index in [1.54, 1.807) is 16.8 Å². The number of imidazole rings is 1. The zero-order chi connectivity index (χ0) is 16.7. The van der Waals surface area contributed by atoms with Gasteiger partial charge in [-0.05, 0) is 28.1 Å². The van der Waals surface area contributed by atoms with Crippen molar-refractivity contribution in [2.24, 2.45) is 0 Å². The highest BCUT2D eigenvalue weighted by atomic mass is 79.9. The first-order valence-electron chi connectivity index (χ1n) is 7.38. The van der Waals surface area contributed by atoms with Gasteiger partial charge < -0.3 is 15.8 Å². The van der Waals surface area contributed by atoms with Crippen LogP contribution in [0.1, 0.15) is 16.8 Å². The standard InChI is InChI=1S/C16H13BrN6O/c17-12-7-21-16(23-8-9(5-18)22-15(12)23)20-6-11-10-3-4-24-14(10)2-1-13(11)19/h1-2,7-8H,3-4,6,19H2,(H,20,21). The Bertz CT molecular complexity index is 990. The van der Waals surface area contributed by atoms with Crippen LogP contribution in [0.25, 0.3) is 5.65 Å². The number of fused-ring (bicyclic) bond motifs is 2. The van der Waals surface area contributed by atoms with Crippen molar-refractivity contribution in [3.63, 3.8) is 0 Å². The van der Waals surface area contributed by atoms with E-state index in [0.29, 0.717) is 30.4 Å². The van der Waals surface area contributed by atoms with Crippen LogP contribution in [0, 0.1) is 11.3 Å². The van der Waals surface area contributed by atoms with Crippen LogP contribution in [0.4, 0.5) is 11.6 Å². The van der Waals surface area contributed by atoms with Gasteiger partial charge in [0.15, 0.2) is 11.3 Å². The molecule has 4 rings (SSSR count). The van der Waals surface area contributed by atoms with Crippen molar-refractivity contribution in [1.82, 2.24) is 14.4 Å². The van der Waals surface area contributed by atoms with Gasteiger partial charge in [0, 0.05) is 36.0 Å². The fourth-order valence-electron chi connectivity index (χ4n) is 2.87. The highest BCUT2D eigenvalue weighted by Crippen LogP contribution is 2.32. The molecule has 1 aliphatic rings. The van der Waals surface area contributed by atoms with Crippen molar-refractivity contribution in [2.45, 2.75) is 13.0 Å². The Morgan fingerprint density at radius 2 is 2.33 bits per heavy atom. The van der Waals surface area contributed by atoms with Gasteiger partial charge in [0.1, 0.15) is 11.8 Å². The Morgan fingerprint density at radius 3 is 3.17 bits per heavy atom. The molecule has 7 nitrogen and oxygen atoms in total. The summed E-state index contributed by atoms with van der Waals surface area (Å²) >= 11 is 3.40. The van der Waals surface area contributed by atoms with E-state index < -0.39 is 0 Å². The molecule has 3 aromatic rings. The number of halogens is 1. The molecule has 2 aromatic heterocycles. The lowest BCUT2D eigenvalue weighted by Gasteiger charge is -2.13. The molecule has 0 amide bonds. The van der Waals surface area contributed by atoms with Crippen molar-refractivity contribution in [3.8, 4) is 11.8 Å². The number of nitrogens with one attached hydrogen (secondary N) is 1. The molecule has 0 radical (unpaired) electrons. The molecule has 0 saturated heterocycles. The third-order valence-electron chi connectivity index (χ3n) is 4.02. The molecule has 0 saturated carbocycles. The van der Waals surface area contributed by atoms with Crippen LogP contribution >= 0.6 is 15.9 Å². The maximum absolute atomic E-state index is 9.06. The maximum atomic E-state index is 9.06. The molecule has 120 valence electrons. The van der Waals surface area contributed by atoms with Gasteiger partial charge >= 0.3 is 0 Å². The topological polar surface area (TPSA) is 101 Å². The minimum Gasteiger partial charge on any atom is -0.493 e. The van der Waals surface area contributed by atoms with Crippen LogP contribution in [-0.2, 0) is 13.0 Å². The fraction of sp³-hybridized carbons (Fsp3) is 0.188. The molecule has 0 atom stereocenters. The quantitative estimate of drug-likeness (QED) is 0.672. The van der Waals surface area contributed by atoms with E-state index in [9.17, 15) is 0 Å².